The predicted molar refractivity (Wildman–Crippen MR) is 149 cm³/mol. The Bertz CT molecular complexity index is 1690. The average Bonchev–Trinajstić information content (AvgIpc) is 3.35. The van der Waals surface area contributed by atoms with Crippen LogP contribution < -0.4 is 5.32 Å². The summed E-state index contributed by atoms with van der Waals surface area (Å²) in [6, 6.07) is 38.0. The van der Waals surface area contributed by atoms with Crippen molar-refractivity contribution in [3.05, 3.63) is 132 Å². The monoisotopic (exact) mass is 482 g/mol. The van der Waals surface area contributed by atoms with Gasteiger partial charge in [-0.05, 0) is 54.1 Å². The number of hydrogen-bond donors (Lipinski definition) is 1. The van der Waals surface area contributed by atoms with E-state index >= 15 is 0 Å². The van der Waals surface area contributed by atoms with Crippen molar-refractivity contribution in [3.63, 3.8) is 0 Å². The number of nitrogens with zero attached hydrogens (tertiary/aromatic N) is 3. The predicted octanol–water partition coefficient (Wildman–Crippen LogP) is 6.83. The number of rotatable bonds is 5. The van der Waals surface area contributed by atoms with Crippen LogP contribution in [0.2, 0.25) is 0 Å². The molecule has 5 nitrogen and oxygen atoms in total. The summed E-state index contributed by atoms with van der Waals surface area (Å²) in [5, 5.41) is 14.9. The van der Waals surface area contributed by atoms with Gasteiger partial charge >= 0.3 is 0 Å². The molecule has 0 unspecified atom stereocenters. The van der Waals surface area contributed by atoms with Crippen molar-refractivity contribution in [3.8, 4) is 5.69 Å². The Morgan fingerprint density at radius 2 is 1.30 bits per heavy atom. The van der Waals surface area contributed by atoms with Crippen LogP contribution in [0, 0.1) is 6.92 Å². The number of nitrogens with one attached hydrogen (secondary N) is 1. The fraction of sp³-hybridized carbons (Fsp3) is 0.0938. The lowest BCUT2D eigenvalue weighted by Crippen LogP contribution is -2.38. The molecule has 0 saturated heterocycles. The molecule has 0 aliphatic carbocycles. The van der Waals surface area contributed by atoms with Gasteiger partial charge in [-0.15, -0.1) is 15.0 Å². The molecule has 1 aromatic heterocycles. The summed E-state index contributed by atoms with van der Waals surface area (Å²) in [5.74, 6) is -0.103. The summed E-state index contributed by atoms with van der Waals surface area (Å²) < 4.78 is 0. The molecule has 0 saturated carbocycles. The van der Waals surface area contributed by atoms with Gasteiger partial charge in [0.25, 0.3) is 0 Å². The van der Waals surface area contributed by atoms with Crippen LogP contribution in [-0.4, -0.2) is 20.9 Å². The largest absolute Gasteiger partial charge is 0.325 e. The summed E-state index contributed by atoms with van der Waals surface area (Å²) in [7, 11) is 0. The molecule has 0 aliphatic rings. The number of carbonyl (C=O) groups is 1. The molecule has 6 aromatic rings. The second-order valence-corrected chi connectivity index (χ2v) is 9.45. The number of anilines is 1. The molecule has 1 amide bonds. The van der Waals surface area contributed by atoms with E-state index in [1.807, 2.05) is 111 Å². The maximum atomic E-state index is 13.9. The summed E-state index contributed by atoms with van der Waals surface area (Å²) in [6.45, 7) is 3.95. The van der Waals surface area contributed by atoms with Crippen molar-refractivity contribution in [2.75, 3.05) is 5.32 Å². The number of hydrogen-bond acceptors (Lipinski definition) is 3. The fourth-order valence-electron chi connectivity index (χ4n) is 4.91. The number of aromatic nitrogens is 3. The van der Waals surface area contributed by atoms with Crippen molar-refractivity contribution < 1.29 is 4.79 Å². The lowest BCUT2D eigenvalue weighted by atomic mass is 9.75. The third-order valence-corrected chi connectivity index (χ3v) is 7.11. The van der Waals surface area contributed by atoms with Crippen molar-refractivity contribution >= 4 is 33.4 Å². The molecule has 0 bridgehead atoms. The minimum Gasteiger partial charge on any atom is -0.325 e. The van der Waals surface area contributed by atoms with E-state index in [0.717, 1.165) is 49.9 Å². The highest BCUT2D eigenvalue weighted by atomic mass is 16.2. The number of fused-ring (bicyclic) bond motifs is 2. The van der Waals surface area contributed by atoms with Crippen LogP contribution in [0.25, 0.3) is 27.5 Å². The first-order chi connectivity index (χ1) is 18.0. The maximum Gasteiger partial charge on any atom is 0.239 e. The van der Waals surface area contributed by atoms with Gasteiger partial charge in [0, 0.05) is 11.1 Å². The topological polar surface area (TPSA) is 59.8 Å². The molecule has 1 N–H and O–H groups in total. The van der Waals surface area contributed by atoms with Crippen molar-refractivity contribution in [1.82, 2.24) is 15.0 Å². The summed E-state index contributed by atoms with van der Waals surface area (Å²) in [5.41, 5.74) is 5.05. The van der Waals surface area contributed by atoms with Crippen molar-refractivity contribution in [2.45, 2.75) is 19.3 Å². The third-order valence-electron chi connectivity index (χ3n) is 7.11. The van der Waals surface area contributed by atoms with E-state index in [-0.39, 0.29) is 5.91 Å². The Labute approximate surface area is 215 Å². The minimum atomic E-state index is -0.871. The Kier molecular flexibility index (Phi) is 5.53. The van der Waals surface area contributed by atoms with Gasteiger partial charge in [0.15, 0.2) is 0 Å². The normalized spacial score (nSPS) is 11.6. The number of carbonyl (C=O) groups excluding carboxylic acids is 1. The van der Waals surface area contributed by atoms with Gasteiger partial charge in [-0.3, -0.25) is 4.79 Å². The number of amides is 1. The smallest absolute Gasteiger partial charge is 0.239 e. The van der Waals surface area contributed by atoms with Crippen molar-refractivity contribution in [1.29, 1.82) is 0 Å². The second-order valence-electron chi connectivity index (χ2n) is 9.45. The molecule has 0 aliphatic heterocycles. The Balaban J connectivity index is 1.40. The molecule has 5 heteroatoms. The Hall–Kier alpha value is -4.77. The van der Waals surface area contributed by atoms with Crippen LogP contribution in [0.5, 0.6) is 0 Å². The van der Waals surface area contributed by atoms with E-state index in [2.05, 4.69) is 23.5 Å². The molecule has 0 fully saturated rings. The van der Waals surface area contributed by atoms with Crippen LogP contribution in [-0.2, 0) is 10.2 Å². The van der Waals surface area contributed by atoms with Crippen LogP contribution in [0.4, 0.5) is 5.69 Å². The maximum absolute atomic E-state index is 13.9. The standard InChI is InChI=1S/C32H26N4O/c1-22-20-28-29(35-36(34-28)30-19-11-13-23-12-9-10-18-26(23)30)21-27(22)33-31(37)32(2,24-14-5-3-6-15-24)25-16-7-4-8-17-25/h3-21H,1-2H3,(H,33,37). The van der Waals surface area contributed by atoms with Gasteiger partial charge in [-0.1, -0.05) is 97.1 Å². The molecule has 6 rings (SSSR count). The zero-order valence-electron chi connectivity index (χ0n) is 20.7. The number of aryl methyl sites for hydroxylation is 1. The minimum absolute atomic E-state index is 0.103. The first-order valence-corrected chi connectivity index (χ1v) is 12.3. The van der Waals surface area contributed by atoms with Gasteiger partial charge in [0.1, 0.15) is 11.0 Å². The number of benzene rings is 5. The Morgan fingerprint density at radius 1 is 0.730 bits per heavy atom. The summed E-state index contributed by atoms with van der Waals surface area (Å²) in [6.07, 6.45) is 0. The zero-order chi connectivity index (χ0) is 25.4. The highest BCUT2D eigenvalue weighted by Gasteiger charge is 2.37. The molecule has 37 heavy (non-hydrogen) atoms. The lowest BCUT2D eigenvalue weighted by Gasteiger charge is -2.30. The quantitative estimate of drug-likeness (QED) is 0.293. The van der Waals surface area contributed by atoms with E-state index < -0.39 is 5.41 Å². The molecule has 5 aromatic carbocycles. The van der Waals surface area contributed by atoms with Gasteiger partial charge in [-0.25, -0.2) is 0 Å². The molecule has 1 heterocycles. The Morgan fingerprint density at radius 3 is 1.97 bits per heavy atom. The van der Waals surface area contributed by atoms with E-state index in [4.69, 9.17) is 10.2 Å². The fourth-order valence-corrected chi connectivity index (χ4v) is 4.91. The highest BCUT2D eigenvalue weighted by molar-refractivity contribution is 6.03. The van der Waals surface area contributed by atoms with E-state index in [9.17, 15) is 4.79 Å². The zero-order valence-corrected chi connectivity index (χ0v) is 20.7. The van der Waals surface area contributed by atoms with Gasteiger partial charge < -0.3 is 5.32 Å². The summed E-state index contributed by atoms with van der Waals surface area (Å²) >= 11 is 0. The molecular weight excluding hydrogens is 456 g/mol. The van der Waals surface area contributed by atoms with Crippen LogP contribution in [0.15, 0.2) is 115 Å². The van der Waals surface area contributed by atoms with E-state index in [0.29, 0.717) is 0 Å². The first kappa shape index (κ1) is 22.7. The lowest BCUT2D eigenvalue weighted by molar-refractivity contribution is -0.119. The average molecular weight is 483 g/mol. The van der Waals surface area contributed by atoms with Crippen LogP contribution in [0.3, 0.4) is 0 Å². The van der Waals surface area contributed by atoms with Crippen molar-refractivity contribution in [2.24, 2.45) is 0 Å². The van der Waals surface area contributed by atoms with Crippen LogP contribution >= 0.6 is 0 Å². The molecular formula is C32H26N4O. The molecule has 180 valence electrons. The van der Waals surface area contributed by atoms with Gasteiger partial charge in [0.2, 0.25) is 5.91 Å². The summed E-state index contributed by atoms with van der Waals surface area (Å²) in [4.78, 5) is 15.6. The van der Waals surface area contributed by atoms with Crippen LogP contribution in [0.1, 0.15) is 23.6 Å². The first-order valence-electron chi connectivity index (χ1n) is 12.3. The SMILES string of the molecule is Cc1cc2nn(-c3cccc4ccccc34)nc2cc1NC(=O)C(C)(c1ccccc1)c1ccccc1. The van der Waals surface area contributed by atoms with E-state index in [1.54, 1.807) is 4.80 Å². The highest BCUT2D eigenvalue weighted by Crippen LogP contribution is 2.34. The van der Waals surface area contributed by atoms with Gasteiger partial charge in [-0.2, -0.15) is 0 Å². The second kappa shape index (κ2) is 9.03. The third kappa shape index (κ3) is 3.95. The molecule has 0 spiro atoms. The van der Waals surface area contributed by atoms with E-state index in [1.165, 1.54) is 0 Å². The van der Waals surface area contributed by atoms with Gasteiger partial charge in [0.05, 0.1) is 11.1 Å². The molecule has 0 atom stereocenters. The molecule has 0 radical (unpaired) electrons.